The topological polar surface area (TPSA) is 72.8 Å². The van der Waals surface area contributed by atoms with E-state index in [0.29, 0.717) is 12.5 Å². The normalized spacial score (nSPS) is 41.8. The van der Waals surface area contributed by atoms with Crippen LogP contribution in [-0.2, 0) is 19.1 Å². The summed E-state index contributed by atoms with van der Waals surface area (Å²) in [6.45, 7) is 13.1. The lowest BCUT2D eigenvalue weighted by Crippen LogP contribution is -2.60. The van der Waals surface area contributed by atoms with Crippen LogP contribution in [-0.4, -0.2) is 34.9 Å². The SMILES string of the molecule is CC[C@H](C)C(=O)OC[C@]1(C)CCC[C@@]2(C)[C@H]1CC=C(C)[C@]21CC[C@@](C)(CC(=O)O)O1. The molecule has 2 aliphatic carbocycles. The zero-order valence-electron chi connectivity index (χ0n) is 19.7. The fraction of sp³-hybridized carbons (Fsp3) is 0.840. The van der Waals surface area contributed by atoms with Crippen LogP contribution < -0.4 is 0 Å². The molecule has 0 aromatic rings. The summed E-state index contributed by atoms with van der Waals surface area (Å²) in [5.41, 5.74) is -0.0188. The molecule has 30 heavy (non-hydrogen) atoms. The molecule has 0 aromatic heterocycles. The molecule has 1 aliphatic heterocycles. The van der Waals surface area contributed by atoms with Crippen LogP contribution in [0.1, 0.15) is 92.9 Å². The molecule has 0 aromatic carbocycles. The van der Waals surface area contributed by atoms with Crippen molar-refractivity contribution < 1.29 is 24.2 Å². The van der Waals surface area contributed by atoms with E-state index in [9.17, 15) is 14.7 Å². The summed E-state index contributed by atoms with van der Waals surface area (Å²) >= 11 is 0. The number of fused-ring (bicyclic) bond motifs is 2. The van der Waals surface area contributed by atoms with Gasteiger partial charge in [0.2, 0.25) is 0 Å². The maximum atomic E-state index is 12.4. The third-order valence-corrected chi connectivity index (χ3v) is 8.78. The van der Waals surface area contributed by atoms with Gasteiger partial charge in [-0.2, -0.15) is 0 Å². The molecule has 5 nitrogen and oxygen atoms in total. The Labute approximate surface area is 181 Å². The van der Waals surface area contributed by atoms with E-state index in [-0.39, 0.29) is 29.1 Å². The Morgan fingerprint density at radius 3 is 2.57 bits per heavy atom. The standard InChI is InChI=1S/C25H40O5/c1-7-17(2)21(28)29-16-22(4)11-8-12-24(6)19(22)10-9-18(3)25(24)14-13-23(5,30-25)15-20(26)27/h9,17,19H,7-8,10-16H2,1-6H3,(H,26,27)/t17-,19-,22-,23-,24-,25+/m0/s1. The Morgan fingerprint density at radius 1 is 1.23 bits per heavy atom. The number of hydrogen-bond donors (Lipinski definition) is 1. The molecule has 2 fully saturated rings. The predicted molar refractivity (Wildman–Crippen MR) is 116 cm³/mol. The number of rotatable bonds is 6. The number of allylic oxidation sites excluding steroid dienone is 1. The second-order valence-electron chi connectivity index (χ2n) is 11.0. The highest BCUT2D eigenvalue weighted by atomic mass is 16.5. The molecular formula is C25H40O5. The molecule has 3 rings (SSSR count). The monoisotopic (exact) mass is 420 g/mol. The van der Waals surface area contributed by atoms with E-state index in [0.717, 1.165) is 44.9 Å². The summed E-state index contributed by atoms with van der Waals surface area (Å²) in [6.07, 6.45) is 8.86. The first-order valence-corrected chi connectivity index (χ1v) is 11.7. The van der Waals surface area contributed by atoms with Crippen molar-refractivity contribution in [2.24, 2.45) is 22.7 Å². The van der Waals surface area contributed by atoms with Gasteiger partial charge in [-0.05, 0) is 63.9 Å². The summed E-state index contributed by atoms with van der Waals surface area (Å²) in [6, 6.07) is 0. The maximum Gasteiger partial charge on any atom is 0.308 e. The third kappa shape index (κ3) is 3.72. The van der Waals surface area contributed by atoms with Gasteiger partial charge >= 0.3 is 11.9 Å². The molecule has 0 radical (unpaired) electrons. The van der Waals surface area contributed by atoms with Gasteiger partial charge in [-0.3, -0.25) is 9.59 Å². The molecular weight excluding hydrogens is 380 g/mol. The molecule has 1 saturated heterocycles. The average molecular weight is 421 g/mol. The highest BCUT2D eigenvalue weighted by molar-refractivity contribution is 5.71. The van der Waals surface area contributed by atoms with Gasteiger partial charge in [0.25, 0.3) is 0 Å². The Bertz CT molecular complexity index is 729. The lowest BCUT2D eigenvalue weighted by Gasteiger charge is -2.61. The van der Waals surface area contributed by atoms with Gasteiger partial charge < -0.3 is 14.6 Å². The molecule has 0 unspecified atom stereocenters. The molecule has 1 saturated carbocycles. The lowest BCUT2D eigenvalue weighted by molar-refractivity contribution is -0.202. The lowest BCUT2D eigenvalue weighted by atomic mass is 9.46. The first kappa shape index (κ1) is 23.3. The van der Waals surface area contributed by atoms with Crippen LogP contribution in [0.5, 0.6) is 0 Å². The van der Waals surface area contributed by atoms with Crippen molar-refractivity contribution in [3.8, 4) is 0 Å². The minimum absolute atomic E-state index is 0.0343. The van der Waals surface area contributed by atoms with Gasteiger partial charge in [-0.1, -0.05) is 40.2 Å². The first-order valence-electron chi connectivity index (χ1n) is 11.7. The quantitative estimate of drug-likeness (QED) is 0.452. The van der Waals surface area contributed by atoms with E-state index in [1.165, 1.54) is 5.57 Å². The zero-order valence-corrected chi connectivity index (χ0v) is 19.7. The van der Waals surface area contributed by atoms with Crippen molar-refractivity contribution in [1.82, 2.24) is 0 Å². The van der Waals surface area contributed by atoms with Gasteiger partial charge in [-0.15, -0.1) is 0 Å². The number of carboxylic acid groups (broad SMARTS) is 1. The van der Waals surface area contributed by atoms with Gasteiger partial charge in [0, 0.05) is 10.8 Å². The number of carbonyl (C=O) groups is 2. The summed E-state index contributed by atoms with van der Waals surface area (Å²) in [5, 5.41) is 9.42. The number of hydrogen-bond acceptors (Lipinski definition) is 4. The number of ether oxygens (including phenoxy) is 2. The molecule has 170 valence electrons. The summed E-state index contributed by atoms with van der Waals surface area (Å²) in [4.78, 5) is 23.8. The van der Waals surface area contributed by atoms with Crippen molar-refractivity contribution in [2.75, 3.05) is 6.61 Å². The third-order valence-electron chi connectivity index (χ3n) is 8.78. The number of carbonyl (C=O) groups excluding carboxylic acids is 1. The first-order chi connectivity index (χ1) is 13.9. The Balaban J connectivity index is 1.90. The second-order valence-corrected chi connectivity index (χ2v) is 11.0. The minimum Gasteiger partial charge on any atom is -0.481 e. The van der Waals surface area contributed by atoms with Crippen molar-refractivity contribution in [3.63, 3.8) is 0 Å². The van der Waals surface area contributed by atoms with Crippen LogP contribution in [0.15, 0.2) is 11.6 Å². The van der Waals surface area contributed by atoms with Crippen LogP contribution >= 0.6 is 0 Å². The van der Waals surface area contributed by atoms with Crippen LogP contribution in [0.2, 0.25) is 0 Å². The minimum atomic E-state index is -0.806. The van der Waals surface area contributed by atoms with Crippen molar-refractivity contribution in [2.45, 2.75) is 104 Å². The highest BCUT2D eigenvalue weighted by Crippen LogP contribution is 2.66. The number of aliphatic carboxylic acids is 1. The molecule has 3 aliphatic rings. The van der Waals surface area contributed by atoms with Crippen LogP contribution in [0.4, 0.5) is 0 Å². The Kier molecular flexibility index (Phi) is 6.18. The largest absolute Gasteiger partial charge is 0.481 e. The smallest absolute Gasteiger partial charge is 0.308 e. The number of esters is 1. The van der Waals surface area contributed by atoms with E-state index >= 15 is 0 Å². The molecule has 0 bridgehead atoms. The molecule has 1 spiro atoms. The van der Waals surface area contributed by atoms with Gasteiger partial charge in [0.15, 0.2) is 0 Å². The van der Waals surface area contributed by atoms with Crippen LogP contribution in [0.25, 0.3) is 0 Å². The zero-order chi connectivity index (χ0) is 22.4. The van der Waals surface area contributed by atoms with Crippen molar-refractivity contribution in [1.29, 1.82) is 0 Å². The van der Waals surface area contributed by atoms with Crippen molar-refractivity contribution in [3.05, 3.63) is 11.6 Å². The van der Waals surface area contributed by atoms with E-state index < -0.39 is 17.2 Å². The van der Waals surface area contributed by atoms with Crippen molar-refractivity contribution >= 4 is 11.9 Å². The van der Waals surface area contributed by atoms with Gasteiger partial charge in [0.05, 0.1) is 30.1 Å². The Morgan fingerprint density at radius 2 is 1.93 bits per heavy atom. The average Bonchev–Trinajstić information content (AvgIpc) is 3.02. The van der Waals surface area contributed by atoms with E-state index in [4.69, 9.17) is 9.47 Å². The van der Waals surface area contributed by atoms with Gasteiger partial charge in [-0.25, -0.2) is 0 Å². The van der Waals surface area contributed by atoms with E-state index in [1.807, 2.05) is 20.8 Å². The van der Waals surface area contributed by atoms with E-state index in [2.05, 4.69) is 26.8 Å². The fourth-order valence-corrected chi connectivity index (χ4v) is 6.72. The summed E-state index contributed by atoms with van der Waals surface area (Å²) < 4.78 is 12.6. The second kappa shape index (κ2) is 7.96. The number of carboxylic acids is 1. The molecule has 5 heteroatoms. The molecule has 6 atom stereocenters. The summed E-state index contributed by atoms with van der Waals surface area (Å²) in [7, 11) is 0. The maximum absolute atomic E-state index is 12.4. The van der Waals surface area contributed by atoms with E-state index in [1.54, 1.807) is 0 Å². The molecule has 1 heterocycles. The Hall–Kier alpha value is -1.36. The summed E-state index contributed by atoms with van der Waals surface area (Å²) in [5.74, 6) is -0.647. The molecule has 0 amide bonds. The van der Waals surface area contributed by atoms with Crippen LogP contribution in [0, 0.1) is 22.7 Å². The predicted octanol–water partition coefficient (Wildman–Crippen LogP) is 5.52. The molecule has 1 N–H and O–H groups in total. The fourth-order valence-electron chi connectivity index (χ4n) is 6.72. The van der Waals surface area contributed by atoms with Crippen LogP contribution in [0.3, 0.4) is 0 Å². The highest BCUT2D eigenvalue weighted by Gasteiger charge is 2.65. The van der Waals surface area contributed by atoms with Gasteiger partial charge in [0.1, 0.15) is 0 Å².